The van der Waals surface area contributed by atoms with E-state index in [1.807, 2.05) is 0 Å². The second kappa shape index (κ2) is 5.81. The molecule has 2 atom stereocenters. The van der Waals surface area contributed by atoms with E-state index in [9.17, 15) is 19.5 Å². The lowest BCUT2D eigenvalue weighted by Gasteiger charge is -2.46. The van der Waals surface area contributed by atoms with E-state index in [0.717, 1.165) is 6.42 Å². The number of aryl methyl sites for hydroxylation is 1. The molecule has 2 saturated heterocycles. The highest BCUT2D eigenvalue weighted by Gasteiger charge is 2.50. The third-order valence-corrected chi connectivity index (χ3v) is 4.94. The van der Waals surface area contributed by atoms with Crippen molar-refractivity contribution in [2.45, 2.75) is 25.4 Å². The zero-order valence-electron chi connectivity index (χ0n) is 13.1. The predicted molar refractivity (Wildman–Crippen MR) is 82.9 cm³/mol. The number of carbonyl (C=O) groups is 2. The van der Waals surface area contributed by atoms with E-state index in [-0.39, 0.29) is 23.9 Å². The van der Waals surface area contributed by atoms with Crippen LogP contribution in [0.4, 0.5) is 0 Å². The molecule has 23 heavy (non-hydrogen) atoms. The maximum Gasteiger partial charge on any atom is 0.255 e. The first kappa shape index (κ1) is 15.7. The lowest BCUT2D eigenvalue weighted by atomic mass is 9.71. The van der Waals surface area contributed by atoms with Crippen LogP contribution in [0.2, 0.25) is 0 Å². The Balaban J connectivity index is 1.85. The van der Waals surface area contributed by atoms with Crippen molar-refractivity contribution in [3.63, 3.8) is 0 Å². The summed E-state index contributed by atoms with van der Waals surface area (Å²) < 4.78 is 1.36. The van der Waals surface area contributed by atoms with Gasteiger partial charge in [-0.3, -0.25) is 14.4 Å². The Bertz CT molecular complexity index is 699. The Morgan fingerprint density at radius 2 is 2.17 bits per heavy atom. The van der Waals surface area contributed by atoms with Crippen LogP contribution in [0.25, 0.3) is 0 Å². The van der Waals surface area contributed by atoms with Gasteiger partial charge in [0.05, 0.1) is 17.1 Å². The van der Waals surface area contributed by atoms with Gasteiger partial charge in [0, 0.05) is 38.9 Å². The van der Waals surface area contributed by atoms with Crippen LogP contribution in [0.1, 0.15) is 29.6 Å². The van der Waals surface area contributed by atoms with Gasteiger partial charge in [0.1, 0.15) is 0 Å². The summed E-state index contributed by atoms with van der Waals surface area (Å²) in [5.41, 5.74) is -0.680. The molecule has 2 amide bonds. The third kappa shape index (κ3) is 2.65. The molecule has 0 aliphatic carbocycles. The second-order valence-electron chi connectivity index (χ2n) is 6.41. The van der Waals surface area contributed by atoms with E-state index < -0.39 is 11.5 Å². The standard InChI is InChI=1S/C16H21N3O4/c1-18-9-11(3-4-13(18)21)14(22)19-8-5-12(20)16(10-19)6-2-7-17-15(16)23/h3-4,9,12,20H,2,5-8,10H2,1H3,(H,17,23)/t12-,16+/m0/s1. The number of piperidine rings is 2. The molecule has 0 saturated carbocycles. The van der Waals surface area contributed by atoms with Crippen LogP contribution in [0.15, 0.2) is 23.1 Å². The molecular formula is C16H21N3O4. The van der Waals surface area contributed by atoms with Crippen LogP contribution in [0.5, 0.6) is 0 Å². The summed E-state index contributed by atoms with van der Waals surface area (Å²) in [6.07, 6.45) is 2.53. The second-order valence-corrected chi connectivity index (χ2v) is 6.41. The van der Waals surface area contributed by atoms with E-state index in [1.54, 1.807) is 11.9 Å². The highest BCUT2D eigenvalue weighted by atomic mass is 16.3. The van der Waals surface area contributed by atoms with Gasteiger partial charge >= 0.3 is 0 Å². The molecule has 1 spiro atoms. The minimum absolute atomic E-state index is 0.172. The molecule has 2 N–H and O–H groups in total. The molecule has 3 heterocycles. The molecule has 0 radical (unpaired) electrons. The number of pyridine rings is 1. The average molecular weight is 319 g/mol. The highest BCUT2D eigenvalue weighted by Crippen LogP contribution is 2.37. The molecule has 0 bridgehead atoms. The van der Waals surface area contributed by atoms with E-state index >= 15 is 0 Å². The summed E-state index contributed by atoms with van der Waals surface area (Å²) in [7, 11) is 1.59. The van der Waals surface area contributed by atoms with Crippen LogP contribution in [-0.2, 0) is 11.8 Å². The monoisotopic (exact) mass is 319 g/mol. The average Bonchev–Trinajstić information content (AvgIpc) is 2.54. The van der Waals surface area contributed by atoms with Gasteiger partial charge < -0.3 is 19.9 Å². The van der Waals surface area contributed by atoms with Crippen LogP contribution in [-0.4, -0.2) is 52.1 Å². The van der Waals surface area contributed by atoms with Crippen molar-refractivity contribution in [3.05, 3.63) is 34.2 Å². The smallest absolute Gasteiger partial charge is 0.255 e. The third-order valence-electron chi connectivity index (χ3n) is 4.94. The van der Waals surface area contributed by atoms with E-state index in [2.05, 4.69) is 5.32 Å². The summed E-state index contributed by atoms with van der Waals surface area (Å²) in [6, 6.07) is 2.86. The molecule has 3 rings (SSSR count). The Kier molecular flexibility index (Phi) is 3.97. The molecule has 0 aromatic carbocycles. The van der Waals surface area contributed by atoms with Gasteiger partial charge in [-0.2, -0.15) is 0 Å². The first-order chi connectivity index (χ1) is 10.9. The number of carbonyl (C=O) groups excluding carboxylic acids is 2. The van der Waals surface area contributed by atoms with Gasteiger partial charge in [-0.25, -0.2) is 0 Å². The number of aliphatic hydroxyl groups excluding tert-OH is 1. The zero-order chi connectivity index (χ0) is 16.6. The fourth-order valence-corrected chi connectivity index (χ4v) is 3.52. The summed E-state index contributed by atoms with van der Waals surface area (Å²) in [4.78, 5) is 38.1. The Morgan fingerprint density at radius 1 is 1.39 bits per heavy atom. The van der Waals surface area contributed by atoms with Crippen LogP contribution in [0.3, 0.4) is 0 Å². The minimum atomic E-state index is -0.910. The molecule has 0 unspecified atom stereocenters. The van der Waals surface area contributed by atoms with Gasteiger partial charge in [-0.05, 0) is 25.3 Å². The highest BCUT2D eigenvalue weighted by molar-refractivity contribution is 5.95. The van der Waals surface area contributed by atoms with Crippen molar-refractivity contribution in [1.82, 2.24) is 14.8 Å². The number of rotatable bonds is 1. The number of nitrogens with zero attached hydrogens (tertiary/aromatic N) is 2. The van der Waals surface area contributed by atoms with Crippen molar-refractivity contribution in [2.75, 3.05) is 19.6 Å². The van der Waals surface area contributed by atoms with Crippen LogP contribution < -0.4 is 10.9 Å². The van der Waals surface area contributed by atoms with Crippen molar-refractivity contribution in [2.24, 2.45) is 12.5 Å². The lowest BCUT2D eigenvalue weighted by Crippen LogP contribution is -2.62. The number of hydrogen-bond acceptors (Lipinski definition) is 4. The SMILES string of the molecule is Cn1cc(C(=O)N2CC[C@H](O)[C@@]3(CCCNC3=O)C2)ccc1=O. The Labute approximate surface area is 133 Å². The lowest BCUT2D eigenvalue weighted by molar-refractivity contribution is -0.147. The number of amides is 2. The van der Waals surface area contributed by atoms with E-state index in [4.69, 9.17) is 0 Å². The van der Waals surface area contributed by atoms with Crippen molar-refractivity contribution in [3.8, 4) is 0 Å². The molecular weight excluding hydrogens is 298 g/mol. The molecule has 1 aromatic heterocycles. The van der Waals surface area contributed by atoms with E-state index in [0.29, 0.717) is 31.5 Å². The van der Waals surface area contributed by atoms with Crippen LogP contribution >= 0.6 is 0 Å². The molecule has 1 aromatic rings. The number of nitrogens with one attached hydrogen (secondary N) is 1. The molecule has 2 aliphatic heterocycles. The molecule has 2 fully saturated rings. The van der Waals surface area contributed by atoms with Gasteiger partial charge in [-0.1, -0.05) is 0 Å². The molecule has 2 aliphatic rings. The van der Waals surface area contributed by atoms with Gasteiger partial charge in [0.25, 0.3) is 5.91 Å². The molecule has 124 valence electrons. The van der Waals surface area contributed by atoms with E-state index in [1.165, 1.54) is 22.9 Å². The first-order valence-corrected chi connectivity index (χ1v) is 7.86. The van der Waals surface area contributed by atoms with Gasteiger partial charge in [0.15, 0.2) is 0 Å². The number of likely N-dealkylation sites (tertiary alicyclic amines) is 1. The summed E-state index contributed by atoms with van der Waals surface area (Å²) >= 11 is 0. The maximum atomic E-state index is 12.7. The fourth-order valence-electron chi connectivity index (χ4n) is 3.52. The maximum absolute atomic E-state index is 12.7. The van der Waals surface area contributed by atoms with Gasteiger partial charge in [-0.15, -0.1) is 0 Å². The Morgan fingerprint density at radius 3 is 2.87 bits per heavy atom. The largest absolute Gasteiger partial charge is 0.392 e. The predicted octanol–water partition coefficient (Wildman–Crippen LogP) is -0.511. The molecule has 7 nitrogen and oxygen atoms in total. The topological polar surface area (TPSA) is 91.6 Å². The summed E-state index contributed by atoms with van der Waals surface area (Å²) in [5.74, 6) is -0.389. The van der Waals surface area contributed by atoms with Crippen molar-refractivity contribution in [1.29, 1.82) is 0 Å². The van der Waals surface area contributed by atoms with Crippen LogP contribution in [0, 0.1) is 5.41 Å². The van der Waals surface area contributed by atoms with Crippen molar-refractivity contribution >= 4 is 11.8 Å². The number of aliphatic hydroxyl groups is 1. The zero-order valence-corrected chi connectivity index (χ0v) is 13.1. The Hall–Kier alpha value is -2.15. The normalized spacial score (nSPS) is 27.8. The summed E-state index contributed by atoms with van der Waals surface area (Å²) in [5, 5.41) is 13.2. The van der Waals surface area contributed by atoms with Gasteiger partial charge in [0.2, 0.25) is 11.5 Å². The number of hydrogen-bond donors (Lipinski definition) is 2. The number of aromatic nitrogens is 1. The first-order valence-electron chi connectivity index (χ1n) is 7.86. The quantitative estimate of drug-likeness (QED) is 0.729. The summed E-state index contributed by atoms with van der Waals surface area (Å²) in [6.45, 7) is 1.22. The molecule has 7 heteroatoms. The van der Waals surface area contributed by atoms with Crippen molar-refractivity contribution < 1.29 is 14.7 Å². The minimum Gasteiger partial charge on any atom is -0.392 e. The fraction of sp³-hybridized carbons (Fsp3) is 0.562.